The van der Waals surface area contributed by atoms with E-state index in [2.05, 4.69) is 20.9 Å². The number of carbonyl (C=O) groups is 1. The highest BCUT2D eigenvalue weighted by atomic mass is 79.9. The van der Waals surface area contributed by atoms with Gasteiger partial charge in [-0.1, -0.05) is 0 Å². The number of ether oxygens (including phenoxy) is 2. The van der Waals surface area contributed by atoms with Crippen LogP contribution in [-0.2, 0) is 4.74 Å². The molecular weight excluding hydrogens is 362 g/mol. The Morgan fingerprint density at radius 3 is 2.96 bits per heavy atom. The van der Waals surface area contributed by atoms with Gasteiger partial charge in [0, 0.05) is 23.6 Å². The lowest BCUT2D eigenvalue weighted by Gasteiger charge is -2.24. The van der Waals surface area contributed by atoms with Crippen LogP contribution >= 0.6 is 15.9 Å². The van der Waals surface area contributed by atoms with E-state index in [-0.39, 0.29) is 12.2 Å². The van der Waals surface area contributed by atoms with Crippen molar-refractivity contribution in [2.24, 2.45) is 0 Å². The topological polar surface area (TPSA) is 56.1 Å². The van der Waals surface area contributed by atoms with Gasteiger partial charge in [-0.3, -0.25) is 0 Å². The van der Waals surface area contributed by atoms with Crippen molar-refractivity contribution in [3.63, 3.8) is 0 Å². The third-order valence-electron chi connectivity index (χ3n) is 3.54. The summed E-state index contributed by atoms with van der Waals surface area (Å²) in [5.41, 5.74) is 0.424. The van der Waals surface area contributed by atoms with Crippen molar-refractivity contribution in [1.82, 2.24) is 14.3 Å². The molecule has 0 aliphatic carbocycles. The maximum absolute atomic E-state index is 12.1. The maximum atomic E-state index is 12.1. The Bertz CT molecular complexity index is 723. The Balaban J connectivity index is 1.68. The standard InChI is InChI=1S/C16H20BrN3O3/c1-16(2,3)23-15(21)19-5-4-12(9-19)22-14-6-11(17)8-20-10-18-7-13(14)20/h6-8,10,12H,4-5,9H2,1-3H3/t12-/m0/s1. The molecule has 0 unspecified atom stereocenters. The molecule has 2 aromatic rings. The molecule has 1 saturated heterocycles. The summed E-state index contributed by atoms with van der Waals surface area (Å²) >= 11 is 3.47. The summed E-state index contributed by atoms with van der Waals surface area (Å²) in [5.74, 6) is 0.757. The summed E-state index contributed by atoms with van der Waals surface area (Å²) in [5, 5.41) is 0. The van der Waals surface area contributed by atoms with Crippen LogP contribution in [0.1, 0.15) is 27.2 Å². The van der Waals surface area contributed by atoms with Crippen molar-refractivity contribution < 1.29 is 14.3 Å². The van der Waals surface area contributed by atoms with Gasteiger partial charge >= 0.3 is 6.09 Å². The zero-order valence-corrected chi connectivity index (χ0v) is 15.0. The molecule has 0 saturated carbocycles. The minimum atomic E-state index is -0.482. The molecule has 2 aromatic heterocycles. The fourth-order valence-corrected chi connectivity index (χ4v) is 2.99. The third-order valence-corrected chi connectivity index (χ3v) is 3.97. The predicted octanol–water partition coefficient (Wildman–Crippen LogP) is 3.49. The van der Waals surface area contributed by atoms with Crippen LogP contribution in [0.15, 0.2) is 29.3 Å². The average Bonchev–Trinajstić information content (AvgIpc) is 3.05. The van der Waals surface area contributed by atoms with Gasteiger partial charge in [0.1, 0.15) is 23.0 Å². The molecule has 23 heavy (non-hydrogen) atoms. The van der Waals surface area contributed by atoms with Gasteiger partial charge in [-0.05, 0) is 42.8 Å². The van der Waals surface area contributed by atoms with Crippen LogP contribution < -0.4 is 4.74 Å². The van der Waals surface area contributed by atoms with Crippen molar-refractivity contribution in [2.45, 2.75) is 38.9 Å². The van der Waals surface area contributed by atoms with Crippen molar-refractivity contribution in [3.8, 4) is 5.75 Å². The number of halogens is 1. The number of aromatic nitrogens is 2. The predicted molar refractivity (Wildman–Crippen MR) is 89.7 cm³/mol. The van der Waals surface area contributed by atoms with Crippen LogP contribution in [0.25, 0.3) is 5.52 Å². The van der Waals surface area contributed by atoms with Crippen LogP contribution in [0.5, 0.6) is 5.75 Å². The molecule has 7 heteroatoms. The van der Waals surface area contributed by atoms with Gasteiger partial charge in [-0.25, -0.2) is 9.78 Å². The number of fused-ring (bicyclic) bond motifs is 1. The first-order chi connectivity index (χ1) is 10.8. The van der Waals surface area contributed by atoms with Gasteiger partial charge in [0.15, 0.2) is 0 Å². The molecule has 1 fully saturated rings. The SMILES string of the molecule is CC(C)(C)OC(=O)N1CC[C@H](Oc2cc(Br)cn3cncc23)C1. The van der Waals surface area contributed by atoms with Crippen LogP contribution in [0.3, 0.4) is 0 Å². The second-order valence-corrected chi connectivity index (χ2v) is 7.58. The number of rotatable bonds is 2. The summed E-state index contributed by atoms with van der Waals surface area (Å²) in [7, 11) is 0. The van der Waals surface area contributed by atoms with Crippen molar-refractivity contribution in [1.29, 1.82) is 0 Å². The zero-order chi connectivity index (χ0) is 16.6. The van der Waals surface area contributed by atoms with E-state index in [1.165, 1.54) is 0 Å². The Hall–Kier alpha value is -1.76. The molecule has 0 aromatic carbocycles. The number of pyridine rings is 1. The molecule has 3 rings (SSSR count). The third kappa shape index (κ3) is 3.77. The van der Waals surface area contributed by atoms with Crippen molar-refractivity contribution in [2.75, 3.05) is 13.1 Å². The number of amides is 1. The van der Waals surface area contributed by atoms with Crippen LogP contribution in [0.4, 0.5) is 4.79 Å². The van der Waals surface area contributed by atoms with Gasteiger partial charge in [0.25, 0.3) is 0 Å². The summed E-state index contributed by atoms with van der Waals surface area (Å²) < 4.78 is 14.3. The second-order valence-electron chi connectivity index (χ2n) is 6.66. The number of hydrogen-bond acceptors (Lipinski definition) is 4. The van der Waals surface area contributed by atoms with Crippen molar-refractivity contribution >= 4 is 27.5 Å². The number of nitrogens with zero attached hydrogens (tertiary/aromatic N) is 3. The molecule has 1 aliphatic rings. The summed E-state index contributed by atoms with van der Waals surface area (Å²) in [6.45, 7) is 6.78. The molecule has 1 amide bonds. The minimum Gasteiger partial charge on any atom is -0.486 e. The zero-order valence-electron chi connectivity index (χ0n) is 13.5. The molecule has 0 radical (unpaired) electrons. The highest BCUT2D eigenvalue weighted by Crippen LogP contribution is 2.27. The monoisotopic (exact) mass is 381 g/mol. The van der Waals surface area contributed by atoms with E-state index in [0.29, 0.717) is 13.1 Å². The molecule has 1 aliphatic heterocycles. The van der Waals surface area contributed by atoms with Gasteiger partial charge in [-0.15, -0.1) is 0 Å². The highest BCUT2D eigenvalue weighted by Gasteiger charge is 2.31. The van der Waals surface area contributed by atoms with E-state index in [1.54, 1.807) is 17.4 Å². The first kappa shape index (κ1) is 16.1. The molecular formula is C16H20BrN3O3. The fraction of sp³-hybridized carbons (Fsp3) is 0.500. The van der Waals surface area contributed by atoms with E-state index in [9.17, 15) is 4.79 Å². The summed E-state index contributed by atoms with van der Waals surface area (Å²) in [4.78, 5) is 17.9. The lowest BCUT2D eigenvalue weighted by atomic mass is 10.2. The Morgan fingerprint density at radius 1 is 1.43 bits per heavy atom. The first-order valence-electron chi connectivity index (χ1n) is 7.57. The molecule has 3 heterocycles. The highest BCUT2D eigenvalue weighted by molar-refractivity contribution is 9.10. The molecule has 0 bridgehead atoms. The second kappa shape index (κ2) is 6.03. The maximum Gasteiger partial charge on any atom is 0.410 e. The van der Waals surface area contributed by atoms with Crippen molar-refractivity contribution in [3.05, 3.63) is 29.3 Å². The average molecular weight is 382 g/mol. The van der Waals surface area contributed by atoms with E-state index >= 15 is 0 Å². The van der Waals surface area contributed by atoms with Gasteiger partial charge in [-0.2, -0.15) is 0 Å². The van der Waals surface area contributed by atoms with E-state index in [0.717, 1.165) is 22.2 Å². The van der Waals surface area contributed by atoms with Gasteiger partial charge < -0.3 is 18.8 Å². The van der Waals surface area contributed by atoms with Crippen LogP contribution in [-0.4, -0.2) is 45.2 Å². The summed E-state index contributed by atoms with van der Waals surface area (Å²) in [6, 6.07) is 1.92. The Kier molecular flexibility index (Phi) is 4.23. The molecule has 6 nitrogen and oxygen atoms in total. The first-order valence-corrected chi connectivity index (χ1v) is 8.37. The quantitative estimate of drug-likeness (QED) is 0.798. The Labute approximate surface area is 143 Å². The molecule has 124 valence electrons. The van der Waals surface area contributed by atoms with E-state index in [1.807, 2.05) is 37.4 Å². The number of imidazole rings is 1. The molecule has 0 spiro atoms. The minimum absolute atomic E-state index is 0.0458. The van der Waals surface area contributed by atoms with Crippen LogP contribution in [0.2, 0.25) is 0 Å². The van der Waals surface area contributed by atoms with E-state index < -0.39 is 5.60 Å². The number of likely N-dealkylation sites (tertiary alicyclic amines) is 1. The van der Waals surface area contributed by atoms with E-state index in [4.69, 9.17) is 9.47 Å². The van der Waals surface area contributed by atoms with Crippen LogP contribution in [0, 0.1) is 0 Å². The molecule has 0 N–H and O–H groups in total. The largest absolute Gasteiger partial charge is 0.486 e. The lowest BCUT2D eigenvalue weighted by molar-refractivity contribution is 0.0276. The number of carbonyl (C=O) groups excluding carboxylic acids is 1. The van der Waals surface area contributed by atoms with Gasteiger partial charge in [0.2, 0.25) is 0 Å². The van der Waals surface area contributed by atoms with Gasteiger partial charge in [0.05, 0.1) is 19.1 Å². The normalized spacial score (nSPS) is 18.4. The smallest absolute Gasteiger partial charge is 0.410 e. The Morgan fingerprint density at radius 2 is 2.22 bits per heavy atom. The fourth-order valence-electron chi connectivity index (χ4n) is 2.56. The number of hydrogen-bond donors (Lipinski definition) is 0. The lowest BCUT2D eigenvalue weighted by Crippen LogP contribution is -2.36. The molecule has 1 atom stereocenters. The summed E-state index contributed by atoms with van der Waals surface area (Å²) in [6.07, 6.45) is 5.88.